The first-order valence-electron chi connectivity index (χ1n) is 9.68. The van der Waals surface area contributed by atoms with Gasteiger partial charge < -0.3 is 10.6 Å². The van der Waals surface area contributed by atoms with E-state index in [1.807, 2.05) is 31.2 Å². The molecular weight excluding hydrogens is 420 g/mol. The van der Waals surface area contributed by atoms with Gasteiger partial charge in [-0.2, -0.15) is 0 Å². The van der Waals surface area contributed by atoms with Gasteiger partial charge in [-0.05, 0) is 74.2 Å². The smallest absolute Gasteiger partial charge is 0.242 e. The summed E-state index contributed by atoms with van der Waals surface area (Å²) in [5.74, 6) is 0.735. The van der Waals surface area contributed by atoms with Crippen LogP contribution in [0.5, 0.6) is 0 Å². The Balaban J connectivity index is 1.46. The van der Waals surface area contributed by atoms with Gasteiger partial charge in [-0.3, -0.25) is 4.79 Å². The molecule has 0 heterocycles. The summed E-state index contributed by atoms with van der Waals surface area (Å²) in [4.78, 5) is 14.7. The fraction of sp³-hybridized carbons (Fsp3) is 0.409. The molecule has 3 rings (SSSR count). The first-order valence-corrected chi connectivity index (χ1v) is 11.3. The Morgan fingerprint density at radius 3 is 2.26 bits per heavy atom. The number of hydrogen-bond acceptors (Lipinski definition) is 3. The van der Waals surface area contributed by atoms with Crippen LogP contribution in [0.2, 0.25) is 0 Å². The number of hydrogen-bond donors (Lipinski definition) is 2. The number of nitrogens with one attached hydrogen (secondary N) is 2. The molecule has 0 aliphatic heterocycles. The molecule has 0 radical (unpaired) electrons. The van der Waals surface area contributed by atoms with E-state index in [0.29, 0.717) is 5.92 Å². The lowest BCUT2D eigenvalue weighted by Gasteiger charge is -2.23. The number of anilines is 1. The molecule has 1 atom stereocenters. The van der Waals surface area contributed by atoms with Crippen molar-refractivity contribution in [2.24, 2.45) is 5.92 Å². The van der Waals surface area contributed by atoms with E-state index >= 15 is 0 Å². The van der Waals surface area contributed by atoms with Gasteiger partial charge in [-0.1, -0.05) is 47.0 Å². The van der Waals surface area contributed by atoms with E-state index in [1.54, 1.807) is 11.8 Å². The molecule has 2 aromatic carbocycles. The second kappa shape index (κ2) is 10.2. The van der Waals surface area contributed by atoms with Gasteiger partial charge in [0.05, 0.1) is 0 Å². The van der Waals surface area contributed by atoms with Gasteiger partial charge in [0.1, 0.15) is 6.04 Å². The highest BCUT2D eigenvalue weighted by Gasteiger charge is 2.17. The Hall–Kier alpha value is -1.46. The van der Waals surface area contributed by atoms with Crippen molar-refractivity contribution in [2.45, 2.75) is 54.9 Å². The summed E-state index contributed by atoms with van der Waals surface area (Å²) >= 11 is 5.18. The zero-order valence-electron chi connectivity index (χ0n) is 15.7. The van der Waals surface area contributed by atoms with E-state index in [9.17, 15) is 4.79 Å². The fourth-order valence-electron chi connectivity index (χ4n) is 3.36. The van der Waals surface area contributed by atoms with Crippen molar-refractivity contribution in [3.63, 3.8) is 0 Å². The largest absolute Gasteiger partial charge is 0.374 e. The molecule has 2 aromatic rings. The van der Waals surface area contributed by atoms with Crippen molar-refractivity contribution < 1.29 is 4.79 Å². The van der Waals surface area contributed by atoms with Crippen LogP contribution in [0.4, 0.5) is 5.69 Å². The minimum Gasteiger partial charge on any atom is -0.374 e. The summed E-state index contributed by atoms with van der Waals surface area (Å²) in [6, 6.07) is 16.3. The maximum absolute atomic E-state index is 12.3. The predicted molar refractivity (Wildman–Crippen MR) is 117 cm³/mol. The lowest BCUT2D eigenvalue weighted by molar-refractivity contribution is -0.121. The quantitative estimate of drug-likeness (QED) is 0.539. The van der Waals surface area contributed by atoms with Crippen LogP contribution in [0.15, 0.2) is 62.8 Å². The molecule has 0 aromatic heterocycles. The molecule has 3 nitrogen and oxygen atoms in total. The molecule has 2 N–H and O–H groups in total. The van der Waals surface area contributed by atoms with Crippen LogP contribution in [0.1, 0.15) is 39.0 Å². The summed E-state index contributed by atoms with van der Waals surface area (Å²) in [5, 5.41) is 6.41. The van der Waals surface area contributed by atoms with Crippen LogP contribution < -0.4 is 10.6 Å². The van der Waals surface area contributed by atoms with E-state index in [-0.39, 0.29) is 11.9 Å². The number of benzene rings is 2. The highest BCUT2D eigenvalue weighted by Crippen LogP contribution is 2.29. The Morgan fingerprint density at radius 2 is 1.63 bits per heavy atom. The summed E-state index contributed by atoms with van der Waals surface area (Å²) in [6.45, 7) is 2.73. The van der Waals surface area contributed by atoms with Gasteiger partial charge in [-0.25, -0.2) is 0 Å². The number of amides is 1. The van der Waals surface area contributed by atoms with Crippen LogP contribution in [0.25, 0.3) is 0 Å². The van der Waals surface area contributed by atoms with E-state index in [4.69, 9.17) is 0 Å². The third-order valence-corrected chi connectivity index (χ3v) is 6.51. The SMILES string of the molecule is C[C@H](Nc1ccc(Sc2ccc(Br)cc2)cc1)C(=O)NCC1CCCCC1. The Labute approximate surface area is 174 Å². The van der Waals surface area contributed by atoms with Crippen LogP contribution in [0.3, 0.4) is 0 Å². The van der Waals surface area contributed by atoms with E-state index in [0.717, 1.165) is 16.7 Å². The van der Waals surface area contributed by atoms with Crippen molar-refractivity contribution in [3.05, 3.63) is 53.0 Å². The molecule has 27 heavy (non-hydrogen) atoms. The van der Waals surface area contributed by atoms with Gasteiger partial charge in [-0.15, -0.1) is 0 Å². The second-order valence-electron chi connectivity index (χ2n) is 7.20. The molecule has 5 heteroatoms. The molecule has 1 saturated carbocycles. The van der Waals surface area contributed by atoms with Crippen molar-refractivity contribution in [3.8, 4) is 0 Å². The summed E-state index contributed by atoms with van der Waals surface area (Å²) in [5.41, 5.74) is 0.968. The Kier molecular flexibility index (Phi) is 7.65. The zero-order valence-corrected chi connectivity index (χ0v) is 18.1. The molecule has 1 fully saturated rings. The highest BCUT2D eigenvalue weighted by molar-refractivity contribution is 9.10. The van der Waals surface area contributed by atoms with Crippen LogP contribution >= 0.6 is 27.7 Å². The van der Waals surface area contributed by atoms with Crippen LogP contribution in [-0.4, -0.2) is 18.5 Å². The standard InChI is InChI=1S/C22H27BrN2OS/c1-16(22(26)24-15-17-5-3-2-4-6-17)25-19-9-13-21(14-10-19)27-20-11-7-18(23)8-12-20/h7-14,16-17,25H,2-6,15H2,1H3,(H,24,26)/t16-/m0/s1. The molecule has 1 aliphatic rings. The minimum absolute atomic E-state index is 0.0777. The molecule has 0 saturated heterocycles. The number of halogens is 1. The molecule has 144 valence electrons. The molecule has 0 spiro atoms. The molecule has 1 amide bonds. The van der Waals surface area contributed by atoms with Gasteiger partial charge in [0, 0.05) is 26.5 Å². The highest BCUT2D eigenvalue weighted by atomic mass is 79.9. The monoisotopic (exact) mass is 446 g/mol. The van der Waals surface area contributed by atoms with Crippen molar-refractivity contribution >= 4 is 39.3 Å². The normalized spacial score (nSPS) is 15.9. The molecule has 1 aliphatic carbocycles. The average Bonchev–Trinajstić information content (AvgIpc) is 2.70. The van der Waals surface area contributed by atoms with Crippen molar-refractivity contribution in [1.82, 2.24) is 5.32 Å². The second-order valence-corrected chi connectivity index (χ2v) is 9.26. The lowest BCUT2D eigenvalue weighted by atomic mass is 9.89. The number of rotatable bonds is 7. The zero-order chi connectivity index (χ0) is 19.1. The average molecular weight is 447 g/mol. The number of carbonyl (C=O) groups excluding carboxylic acids is 1. The summed E-state index contributed by atoms with van der Waals surface area (Å²) in [7, 11) is 0. The third-order valence-electron chi connectivity index (χ3n) is 4.97. The first-order chi connectivity index (χ1) is 13.1. The summed E-state index contributed by atoms with van der Waals surface area (Å²) < 4.78 is 1.09. The summed E-state index contributed by atoms with van der Waals surface area (Å²) in [6.07, 6.45) is 6.45. The van der Waals surface area contributed by atoms with Crippen LogP contribution in [-0.2, 0) is 4.79 Å². The Bertz CT molecular complexity index is 727. The molecule has 0 unspecified atom stereocenters. The van der Waals surface area contributed by atoms with Crippen molar-refractivity contribution in [2.75, 3.05) is 11.9 Å². The topological polar surface area (TPSA) is 41.1 Å². The lowest BCUT2D eigenvalue weighted by Crippen LogP contribution is -2.40. The van der Waals surface area contributed by atoms with E-state index < -0.39 is 0 Å². The van der Waals surface area contributed by atoms with Gasteiger partial charge in [0.2, 0.25) is 5.91 Å². The third kappa shape index (κ3) is 6.58. The van der Waals surface area contributed by atoms with Gasteiger partial charge in [0.25, 0.3) is 0 Å². The van der Waals surface area contributed by atoms with E-state index in [1.165, 1.54) is 41.9 Å². The first kappa shape index (κ1) is 20.3. The molecular formula is C22H27BrN2OS. The minimum atomic E-state index is -0.237. The predicted octanol–water partition coefficient (Wildman–Crippen LogP) is 6.10. The van der Waals surface area contributed by atoms with Gasteiger partial charge >= 0.3 is 0 Å². The van der Waals surface area contributed by atoms with Crippen molar-refractivity contribution in [1.29, 1.82) is 0 Å². The van der Waals surface area contributed by atoms with Gasteiger partial charge in [0.15, 0.2) is 0 Å². The number of carbonyl (C=O) groups is 1. The maximum Gasteiger partial charge on any atom is 0.242 e. The maximum atomic E-state index is 12.3. The molecule has 0 bridgehead atoms. The Morgan fingerprint density at radius 1 is 1.04 bits per heavy atom. The van der Waals surface area contributed by atoms with Crippen LogP contribution in [0, 0.1) is 5.92 Å². The fourth-order valence-corrected chi connectivity index (χ4v) is 4.44. The van der Waals surface area contributed by atoms with E-state index in [2.05, 4.69) is 50.8 Å².